The molecule has 1 aromatic carbocycles. The van der Waals surface area contributed by atoms with Crippen molar-refractivity contribution in [1.29, 1.82) is 0 Å². The van der Waals surface area contributed by atoms with Crippen LogP contribution in [0.15, 0.2) is 30.5 Å². The number of nitrogens with one attached hydrogen (secondary N) is 1. The van der Waals surface area contributed by atoms with Crippen molar-refractivity contribution >= 4 is 0 Å². The van der Waals surface area contributed by atoms with Gasteiger partial charge in [0.05, 0.1) is 26.8 Å². The average Bonchev–Trinajstić information content (AvgIpc) is 2.89. The van der Waals surface area contributed by atoms with Crippen molar-refractivity contribution in [1.82, 2.24) is 15.1 Å². The van der Waals surface area contributed by atoms with Crippen LogP contribution in [-0.2, 0) is 6.54 Å². The first-order chi connectivity index (χ1) is 9.69. The maximum Gasteiger partial charge on any atom is 0.161 e. The van der Waals surface area contributed by atoms with Gasteiger partial charge in [0.15, 0.2) is 11.5 Å². The van der Waals surface area contributed by atoms with Gasteiger partial charge in [0.25, 0.3) is 0 Å². The lowest BCUT2D eigenvalue weighted by atomic mass is 10.1. The van der Waals surface area contributed by atoms with Crippen LogP contribution in [-0.4, -0.2) is 31.0 Å². The number of aromatic nitrogens is 2. The molecule has 0 aliphatic heterocycles. The first kappa shape index (κ1) is 14.4. The molecule has 1 aromatic heterocycles. The Kier molecular flexibility index (Phi) is 4.63. The lowest BCUT2D eigenvalue weighted by molar-refractivity contribution is 0.353. The Balaban J connectivity index is 2.25. The van der Waals surface area contributed by atoms with Crippen LogP contribution in [0.3, 0.4) is 0 Å². The van der Waals surface area contributed by atoms with E-state index in [2.05, 4.69) is 10.4 Å². The molecule has 0 spiro atoms. The molecule has 5 heteroatoms. The quantitative estimate of drug-likeness (QED) is 0.877. The minimum absolute atomic E-state index is 0.161. The Hall–Kier alpha value is -2.01. The molecule has 0 bridgehead atoms. The topological polar surface area (TPSA) is 48.3 Å². The summed E-state index contributed by atoms with van der Waals surface area (Å²) in [4.78, 5) is 0. The molecule has 5 nitrogen and oxygen atoms in total. The highest BCUT2D eigenvalue weighted by Gasteiger charge is 2.14. The summed E-state index contributed by atoms with van der Waals surface area (Å²) in [5.74, 6) is 1.48. The first-order valence-corrected chi connectivity index (χ1v) is 6.57. The van der Waals surface area contributed by atoms with Crippen molar-refractivity contribution < 1.29 is 9.47 Å². The molecule has 1 heterocycles. The number of hydrogen-bond donors (Lipinski definition) is 1. The van der Waals surface area contributed by atoms with Gasteiger partial charge in [-0.2, -0.15) is 5.10 Å². The minimum atomic E-state index is 0.161. The van der Waals surface area contributed by atoms with Crippen LogP contribution in [0.25, 0.3) is 0 Å². The third kappa shape index (κ3) is 2.93. The van der Waals surface area contributed by atoms with Gasteiger partial charge in [0.1, 0.15) is 0 Å². The van der Waals surface area contributed by atoms with Crippen molar-refractivity contribution in [3.05, 3.63) is 41.7 Å². The van der Waals surface area contributed by atoms with Gasteiger partial charge in [-0.3, -0.25) is 4.68 Å². The number of nitrogens with zero attached hydrogens (tertiary/aromatic N) is 2. The second-order valence-corrected chi connectivity index (χ2v) is 4.61. The van der Waals surface area contributed by atoms with Crippen LogP contribution in [0.4, 0.5) is 0 Å². The predicted octanol–water partition coefficient (Wildman–Crippen LogP) is 2.17. The Labute approximate surface area is 119 Å². The zero-order valence-corrected chi connectivity index (χ0v) is 12.4. The van der Waals surface area contributed by atoms with Gasteiger partial charge in [-0.15, -0.1) is 0 Å². The fourth-order valence-electron chi connectivity index (χ4n) is 2.20. The van der Waals surface area contributed by atoms with Gasteiger partial charge in [-0.05, 0) is 37.7 Å². The van der Waals surface area contributed by atoms with Crippen molar-refractivity contribution in [2.45, 2.75) is 19.5 Å². The van der Waals surface area contributed by atoms with Crippen molar-refractivity contribution in [3.8, 4) is 11.5 Å². The minimum Gasteiger partial charge on any atom is -0.493 e. The lowest BCUT2D eigenvalue weighted by Gasteiger charge is -2.19. The molecular weight excluding hydrogens is 254 g/mol. The molecule has 1 unspecified atom stereocenters. The maximum atomic E-state index is 5.36. The number of methoxy groups -OCH3 is 2. The van der Waals surface area contributed by atoms with E-state index >= 15 is 0 Å². The summed E-state index contributed by atoms with van der Waals surface area (Å²) in [5.41, 5.74) is 2.28. The van der Waals surface area contributed by atoms with E-state index in [0.717, 1.165) is 29.3 Å². The third-order valence-corrected chi connectivity index (χ3v) is 3.44. The van der Waals surface area contributed by atoms with Crippen LogP contribution in [0.2, 0.25) is 0 Å². The monoisotopic (exact) mass is 275 g/mol. The van der Waals surface area contributed by atoms with E-state index in [1.165, 1.54) is 0 Å². The highest BCUT2D eigenvalue weighted by molar-refractivity contribution is 5.43. The Bertz CT molecular complexity index is 566. The molecule has 20 heavy (non-hydrogen) atoms. The van der Waals surface area contributed by atoms with E-state index in [-0.39, 0.29) is 6.04 Å². The molecule has 1 atom stereocenters. The highest BCUT2D eigenvalue weighted by atomic mass is 16.5. The molecule has 2 aromatic rings. The maximum absolute atomic E-state index is 5.36. The Morgan fingerprint density at radius 3 is 2.50 bits per heavy atom. The van der Waals surface area contributed by atoms with E-state index in [0.29, 0.717) is 0 Å². The summed E-state index contributed by atoms with van der Waals surface area (Å²) in [7, 11) is 5.23. The van der Waals surface area contributed by atoms with Gasteiger partial charge >= 0.3 is 0 Å². The Morgan fingerprint density at radius 1 is 1.20 bits per heavy atom. The third-order valence-electron chi connectivity index (χ3n) is 3.44. The fourth-order valence-corrected chi connectivity index (χ4v) is 2.20. The molecule has 0 radical (unpaired) electrons. The lowest BCUT2D eigenvalue weighted by Crippen LogP contribution is -2.23. The molecule has 0 saturated heterocycles. The number of benzene rings is 1. The van der Waals surface area contributed by atoms with Gasteiger partial charge in [-0.1, -0.05) is 6.07 Å². The van der Waals surface area contributed by atoms with Gasteiger partial charge in [0, 0.05) is 11.9 Å². The van der Waals surface area contributed by atoms with Crippen LogP contribution in [0, 0.1) is 6.92 Å². The molecule has 2 rings (SSSR count). The molecule has 0 amide bonds. The second kappa shape index (κ2) is 6.43. The number of rotatable bonds is 6. The summed E-state index contributed by atoms with van der Waals surface area (Å²) in [6.07, 6.45) is 1.82. The van der Waals surface area contributed by atoms with Crippen LogP contribution in [0.5, 0.6) is 11.5 Å². The van der Waals surface area contributed by atoms with Gasteiger partial charge in [0.2, 0.25) is 0 Å². The molecule has 1 N–H and O–H groups in total. The highest BCUT2D eigenvalue weighted by Crippen LogP contribution is 2.30. The fraction of sp³-hybridized carbons (Fsp3) is 0.400. The van der Waals surface area contributed by atoms with E-state index < -0.39 is 0 Å². The van der Waals surface area contributed by atoms with Crippen molar-refractivity contribution in [3.63, 3.8) is 0 Å². The van der Waals surface area contributed by atoms with Crippen LogP contribution < -0.4 is 14.8 Å². The molecule has 0 aliphatic carbocycles. The number of hydrogen-bond acceptors (Lipinski definition) is 4. The molecule has 0 saturated carbocycles. The summed E-state index contributed by atoms with van der Waals surface area (Å²) in [6, 6.07) is 8.13. The van der Waals surface area contributed by atoms with E-state index in [9.17, 15) is 0 Å². The molecule has 0 aliphatic rings. The molecule has 0 fully saturated rings. The SMILES string of the molecule is CNC(Cn1nccc1C)c1ccc(OC)c(OC)c1. The predicted molar refractivity (Wildman–Crippen MR) is 78.3 cm³/mol. The zero-order valence-electron chi connectivity index (χ0n) is 12.4. The number of ether oxygens (including phenoxy) is 2. The smallest absolute Gasteiger partial charge is 0.161 e. The standard InChI is InChI=1S/C15H21N3O2/c1-11-7-8-17-18(11)10-13(16-2)12-5-6-14(19-3)15(9-12)20-4/h5-9,13,16H,10H2,1-4H3. The summed E-state index contributed by atoms with van der Waals surface area (Å²) in [6.45, 7) is 2.82. The first-order valence-electron chi connectivity index (χ1n) is 6.57. The molecular formula is C15H21N3O2. The largest absolute Gasteiger partial charge is 0.493 e. The number of likely N-dealkylation sites (N-methyl/N-ethyl adjacent to an activating group) is 1. The second-order valence-electron chi connectivity index (χ2n) is 4.61. The van der Waals surface area contributed by atoms with Crippen molar-refractivity contribution in [2.24, 2.45) is 0 Å². The summed E-state index contributed by atoms with van der Waals surface area (Å²) < 4.78 is 12.6. The van der Waals surface area contributed by atoms with E-state index in [1.807, 2.05) is 49.1 Å². The zero-order chi connectivity index (χ0) is 14.5. The molecule has 108 valence electrons. The number of aryl methyl sites for hydroxylation is 1. The normalized spacial score (nSPS) is 12.2. The van der Waals surface area contributed by atoms with Crippen LogP contribution in [0.1, 0.15) is 17.3 Å². The summed E-state index contributed by atoms with van der Waals surface area (Å²) >= 11 is 0. The van der Waals surface area contributed by atoms with Gasteiger partial charge < -0.3 is 14.8 Å². The van der Waals surface area contributed by atoms with E-state index in [1.54, 1.807) is 14.2 Å². The van der Waals surface area contributed by atoms with E-state index in [4.69, 9.17) is 9.47 Å². The average molecular weight is 275 g/mol. The van der Waals surface area contributed by atoms with Gasteiger partial charge in [-0.25, -0.2) is 0 Å². The Morgan fingerprint density at radius 2 is 1.95 bits per heavy atom. The van der Waals surface area contributed by atoms with Crippen LogP contribution >= 0.6 is 0 Å². The summed E-state index contributed by atoms with van der Waals surface area (Å²) in [5, 5.41) is 7.64. The van der Waals surface area contributed by atoms with Crippen molar-refractivity contribution in [2.75, 3.05) is 21.3 Å².